The van der Waals surface area contributed by atoms with Crippen molar-refractivity contribution in [2.75, 3.05) is 9.80 Å². The second-order valence-corrected chi connectivity index (χ2v) is 13.4. The van der Waals surface area contributed by atoms with Crippen LogP contribution in [0.4, 0.5) is 28.4 Å². The molecule has 226 valence electrons. The van der Waals surface area contributed by atoms with Gasteiger partial charge in [0.2, 0.25) is 0 Å². The number of allylic oxidation sites excluding steroid dienone is 4. The summed E-state index contributed by atoms with van der Waals surface area (Å²) >= 11 is 0. The third kappa shape index (κ3) is 4.40. The van der Waals surface area contributed by atoms with E-state index in [1.165, 1.54) is 67.4 Å². The Balaban J connectivity index is 1.20. The average molecular weight is 605 g/mol. The van der Waals surface area contributed by atoms with Crippen molar-refractivity contribution < 1.29 is 0 Å². The van der Waals surface area contributed by atoms with Gasteiger partial charge in [0.1, 0.15) is 0 Å². The van der Waals surface area contributed by atoms with Crippen LogP contribution in [0.1, 0.15) is 42.9 Å². The summed E-state index contributed by atoms with van der Waals surface area (Å²) in [6.45, 7) is 4.72. The van der Waals surface area contributed by atoms with Gasteiger partial charge in [0.15, 0.2) is 0 Å². The number of rotatable bonds is 5. The molecule has 1 atom stereocenters. The molecule has 0 bridgehead atoms. The molecule has 0 radical (unpaired) electrons. The molecule has 1 heterocycles. The third-order valence-corrected chi connectivity index (χ3v) is 10.3. The van der Waals surface area contributed by atoms with Gasteiger partial charge in [0.05, 0.1) is 0 Å². The van der Waals surface area contributed by atoms with Crippen LogP contribution in [0.25, 0.3) is 22.3 Å². The topological polar surface area (TPSA) is 6.48 Å². The largest absolute Gasteiger partial charge is 0.313 e. The van der Waals surface area contributed by atoms with E-state index in [-0.39, 0.29) is 5.41 Å². The van der Waals surface area contributed by atoms with Crippen molar-refractivity contribution in [1.82, 2.24) is 0 Å². The fourth-order valence-corrected chi connectivity index (χ4v) is 8.02. The van der Waals surface area contributed by atoms with Gasteiger partial charge in [-0.05, 0) is 106 Å². The SMILES string of the molecule is CC1(C)c2ccccc2-c2ccc(N(c3ccc(-c4ccccc4)cc3)c3ccc4c(c3)C3CC=CC=C3N4c3ccccc3)cc21. The van der Waals surface area contributed by atoms with Gasteiger partial charge in [-0.25, -0.2) is 0 Å². The molecule has 2 nitrogen and oxygen atoms in total. The smallest absolute Gasteiger partial charge is 0.0499 e. The van der Waals surface area contributed by atoms with E-state index in [0.29, 0.717) is 5.92 Å². The van der Waals surface area contributed by atoms with Gasteiger partial charge in [-0.3, -0.25) is 0 Å². The van der Waals surface area contributed by atoms with Crippen molar-refractivity contribution in [3.8, 4) is 22.3 Å². The maximum Gasteiger partial charge on any atom is 0.0499 e. The van der Waals surface area contributed by atoms with Crippen LogP contribution in [0.3, 0.4) is 0 Å². The van der Waals surface area contributed by atoms with E-state index in [1.807, 2.05) is 0 Å². The maximum atomic E-state index is 2.45. The first kappa shape index (κ1) is 27.7. The Morgan fingerprint density at radius 1 is 0.596 bits per heavy atom. The fraction of sp³-hybridized carbons (Fsp3) is 0.111. The fourth-order valence-electron chi connectivity index (χ4n) is 8.02. The van der Waals surface area contributed by atoms with E-state index in [4.69, 9.17) is 0 Å². The van der Waals surface area contributed by atoms with E-state index in [1.54, 1.807) is 0 Å². The zero-order valence-corrected chi connectivity index (χ0v) is 26.8. The molecular formula is C45H36N2. The minimum Gasteiger partial charge on any atom is -0.313 e. The second-order valence-electron chi connectivity index (χ2n) is 13.4. The molecule has 0 spiro atoms. The molecule has 47 heavy (non-hydrogen) atoms. The van der Waals surface area contributed by atoms with E-state index < -0.39 is 0 Å². The van der Waals surface area contributed by atoms with Crippen molar-refractivity contribution in [2.24, 2.45) is 0 Å². The zero-order valence-electron chi connectivity index (χ0n) is 26.8. The highest BCUT2D eigenvalue weighted by atomic mass is 15.2. The molecule has 9 rings (SSSR count). The molecule has 2 heteroatoms. The highest BCUT2D eigenvalue weighted by Gasteiger charge is 2.37. The average Bonchev–Trinajstić information content (AvgIpc) is 3.58. The summed E-state index contributed by atoms with van der Waals surface area (Å²) in [4.78, 5) is 4.89. The van der Waals surface area contributed by atoms with Crippen molar-refractivity contribution in [2.45, 2.75) is 31.6 Å². The number of hydrogen-bond donors (Lipinski definition) is 0. The Labute approximate surface area is 277 Å². The highest BCUT2D eigenvalue weighted by Crippen LogP contribution is 2.54. The molecular weight excluding hydrogens is 569 g/mol. The molecule has 1 aliphatic heterocycles. The first-order valence-corrected chi connectivity index (χ1v) is 16.6. The van der Waals surface area contributed by atoms with E-state index >= 15 is 0 Å². The molecule has 0 saturated carbocycles. The molecule has 1 unspecified atom stereocenters. The molecule has 0 aromatic heterocycles. The molecule has 0 fully saturated rings. The molecule has 6 aromatic rings. The molecule has 6 aromatic carbocycles. The zero-order chi connectivity index (χ0) is 31.5. The monoisotopic (exact) mass is 604 g/mol. The Kier molecular flexibility index (Phi) is 6.33. The number of para-hydroxylation sites is 1. The Hall–Kier alpha value is -5.60. The van der Waals surface area contributed by atoms with Crippen LogP contribution in [0.5, 0.6) is 0 Å². The van der Waals surface area contributed by atoms with Gasteiger partial charge < -0.3 is 9.80 Å². The lowest BCUT2D eigenvalue weighted by molar-refractivity contribution is 0.660. The third-order valence-electron chi connectivity index (χ3n) is 10.3. The van der Waals surface area contributed by atoms with Gasteiger partial charge >= 0.3 is 0 Å². The standard InChI is InChI=1S/C45H36N2/c1-45(2)41-19-11-9-17-37(41)38-27-25-36(30-42(38)45)46(34-23-21-32(22-24-34)31-13-5-3-6-14-31)35-26-28-44-40(29-35)39-18-10-12-20-43(39)47(44)33-15-7-4-8-16-33/h3-17,19-30,39H,18H2,1-2H3. The van der Waals surface area contributed by atoms with Crippen LogP contribution >= 0.6 is 0 Å². The van der Waals surface area contributed by atoms with E-state index in [2.05, 4.69) is 187 Å². The molecule has 2 aliphatic carbocycles. The van der Waals surface area contributed by atoms with Crippen LogP contribution in [-0.2, 0) is 5.41 Å². The first-order chi connectivity index (χ1) is 23.1. The van der Waals surface area contributed by atoms with Gasteiger partial charge in [0, 0.05) is 45.5 Å². The summed E-state index contributed by atoms with van der Waals surface area (Å²) < 4.78 is 0. The second kappa shape index (κ2) is 10.7. The van der Waals surface area contributed by atoms with Gasteiger partial charge in [-0.15, -0.1) is 0 Å². The van der Waals surface area contributed by atoms with Crippen molar-refractivity contribution in [3.63, 3.8) is 0 Å². The number of benzene rings is 6. The Bertz CT molecular complexity index is 2190. The Morgan fingerprint density at radius 3 is 2.04 bits per heavy atom. The summed E-state index contributed by atoms with van der Waals surface area (Å²) in [5.41, 5.74) is 16.5. The van der Waals surface area contributed by atoms with Crippen LogP contribution in [-0.4, -0.2) is 0 Å². The molecule has 0 amide bonds. The van der Waals surface area contributed by atoms with E-state index in [9.17, 15) is 0 Å². The lowest BCUT2D eigenvalue weighted by Crippen LogP contribution is -2.16. The summed E-state index contributed by atoms with van der Waals surface area (Å²) in [6.07, 6.45) is 7.81. The van der Waals surface area contributed by atoms with E-state index in [0.717, 1.165) is 12.1 Å². The normalized spacial score (nSPS) is 16.6. The van der Waals surface area contributed by atoms with Gasteiger partial charge in [0.25, 0.3) is 0 Å². The number of fused-ring (bicyclic) bond motifs is 6. The lowest BCUT2D eigenvalue weighted by Gasteiger charge is -2.29. The Morgan fingerprint density at radius 2 is 1.23 bits per heavy atom. The van der Waals surface area contributed by atoms with Crippen LogP contribution in [0.2, 0.25) is 0 Å². The molecule has 0 N–H and O–H groups in total. The predicted octanol–water partition coefficient (Wildman–Crippen LogP) is 12.2. The van der Waals surface area contributed by atoms with Crippen molar-refractivity contribution >= 4 is 28.4 Å². The quantitative estimate of drug-likeness (QED) is 0.193. The van der Waals surface area contributed by atoms with Crippen molar-refractivity contribution in [3.05, 3.63) is 186 Å². The van der Waals surface area contributed by atoms with Gasteiger partial charge in [-0.1, -0.05) is 117 Å². The summed E-state index contributed by atoms with van der Waals surface area (Å²) in [6, 6.07) is 53.5. The van der Waals surface area contributed by atoms with Gasteiger partial charge in [-0.2, -0.15) is 0 Å². The van der Waals surface area contributed by atoms with Crippen LogP contribution < -0.4 is 9.80 Å². The molecule has 0 saturated heterocycles. The predicted molar refractivity (Wildman–Crippen MR) is 197 cm³/mol. The van der Waals surface area contributed by atoms with Crippen LogP contribution in [0.15, 0.2) is 170 Å². The minimum atomic E-state index is -0.0764. The highest BCUT2D eigenvalue weighted by molar-refractivity contribution is 5.88. The number of nitrogens with zero attached hydrogens (tertiary/aromatic N) is 2. The summed E-state index contributed by atoms with van der Waals surface area (Å²) in [5, 5.41) is 0. The minimum absolute atomic E-state index is 0.0764. The first-order valence-electron chi connectivity index (χ1n) is 16.6. The van der Waals surface area contributed by atoms with Crippen molar-refractivity contribution in [1.29, 1.82) is 0 Å². The summed E-state index contributed by atoms with van der Waals surface area (Å²) in [5.74, 6) is 0.325. The van der Waals surface area contributed by atoms with Crippen LogP contribution in [0, 0.1) is 0 Å². The molecule has 3 aliphatic rings. The number of anilines is 5. The number of hydrogen-bond acceptors (Lipinski definition) is 2. The summed E-state index contributed by atoms with van der Waals surface area (Å²) in [7, 11) is 0. The maximum absolute atomic E-state index is 2.45. The lowest BCUT2D eigenvalue weighted by atomic mass is 9.82.